The molecule has 0 aliphatic rings. The van der Waals surface area contributed by atoms with Gasteiger partial charge in [0.1, 0.15) is 17.3 Å². The van der Waals surface area contributed by atoms with Crippen molar-refractivity contribution in [3.63, 3.8) is 0 Å². The predicted octanol–water partition coefficient (Wildman–Crippen LogP) is 4.26. The third-order valence-corrected chi connectivity index (χ3v) is 4.25. The number of amides is 2. The van der Waals surface area contributed by atoms with Crippen LogP contribution in [0, 0.1) is 24.1 Å². The molecule has 0 spiro atoms. The smallest absolute Gasteiger partial charge is 0.265 e. The molecule has 1 aromatic heterocycles. The van der Waals surface area contributed by atoms with Gasteiger partial charge in [-0.1, -0.05) is 0 Å². The number of carbonyl (C=O) groups is 2. The van der Waals surface area contributed by atoms with Crippen LogP contribution in [-0.2, 0) is 4.79 Å². The van der Waals surface area contributed by atoms with Crippen molar-refractivity contribution in [1.29, 1.82) is 5.26 Å². The van der Waals surface area contributed by atoms with Crippen LogP contribution in [-0.4, -0.2) is 17.9 Å². The van der Waals surface area contributed by atoms with Gasteiger partial charge in [0, 0.05) is 5.69 Å². The fourth-order valence-electron chi connectivity index (χ4n) is 2.62. The maximum atomic E-state index is 14.1. The lowest BCUT2D eigenvalue weighted by Gasteiger charge is -2.15. The van der Waals surface area contributed by atoms with Crippen molar-refractivity contribution in [2.45, 2.75) is 20.0 Å². The molecule has 0 saturated heterocycles. The van der Waals surface area contributed by atoms with Crippen LogP contribution in [0.1, 0.15) is 28.6 Å². The van der Waals surface area contributed by atoms with Crippen molar-refractivity contribution < 1.29 is 23.1 Å². The molecule has 1 unspecified atom stereocenters. The molecule has 3 rings (SSSR count). The highest BCUT2D eigenvalue weighted by Crippen LogP contribution is 2.22. The second kappa shape index (κ2) is 8.92. The van der Waals surface area contributed by atoms with Gasteiger partial charge in [-0.3, -0.25) is 9.59 Å². The lowest BCUT2D eigenvalue weighted by atomic mass is 10.2. The van der Waals surface area contributed by atoms with E-state index in [1.54, 1.807) is 38.1 Å². The first kappa shape index (κ1) is 20.6. The minimum atomic E-state index is -0.852. The van der Waals surface area contributed by atoms with Crippen LogP contribution < -0.4 is 15.4 Å². The number of anilines is 2. The number of carbonyl (C=O) groups excluding carboxylic acids is 2. The Morgan fingerprint density at radius 2 is 1.87 bits per heavy atom. The standard InChI is InChI=1S/C22H18FN3O4/c1-13-18(9-10-29-13)22(28)26-20-11-16(5-8-19(20)23)25-21(27)14(2)30-17-6-3-15(12-24)4-7-17/h3-11,14H,1-2H3,(H,25,27)(H,26,28). The average molecular weight is 407 g/mol. The summed E-state index contributed by atoms with van der Waals surface area (Å²) in [5.74, 6) is -0.801. The number of ether oxygens (including phenoxy) is 1. The van der Waals surface area contributed by atoms with Gasteiger partial charge in [-0.15, -0.1) is 0 Å². The zero-order valence-electron chi connectivity index (χ0n) is 16.2. The lowest BCUT2D eigenvalue weighted by Crippen LogP contribution is -2.30. The van der Waals surface area contributed by atoms with Crippen LogP contribution in [0.3, 0.4) is 0 Å². The molecular weight excluding hydrogens is 389 g/mol. The molecule has 0 aliphatic carbocycles. The molecule has 1 atom stereocenters. The summed E-state index contributed by atoms with van der Waals surface area (Å²) in [5, 5.41) is 13.9. The van der Waals surface area contributed by atoms with E-state index in [0.29, 0.717) is 17.1 Å². The molecule has 2 aromatic carbocycles. The van der Waals surface area contributed by atoms with E-state index < -0.39 is 23.7 Å². The van der Waals surface area contributed by atoms with Gasteiger partial charge in [-0.25, -0.2) is 4.39 Å². The van der Waals surface area contributed by atoms with E-state index in [1.165, 1.54) is 24.5 Å². The summed E-state index contributed by atoms with van der Waals surface area (Å²) in [7, 11) is 0. The Kier molecular flexibility index (Phi) is 6.13. The highest BCUT2D eigenvalue weighted by molar-refractivity contribution is 6.05. The van der Waals surface area contributed by atoms with E-state index in [1.807, 2.05) is 6.07 Å². The monoisotopic (exact) mass is 407 g/mol. The highest BCUT2D eigenvalue weighted by atomic mass is 19.1. The molecule has 8 heteroatoms. The molecule has 30 heavy (non-hydrogen) atoms. The Bertz CT molecular complexity index is 1120. The number of benzene rings is 2. The van der Waals surface area contributed by atoms with Gasteiger partial charge in [-0.2, -0.15) is 5.26 Å². The average Bonchev–Trinajstić information content (AvgIpc) is 3.17. The Morgan fingerprint density at radius 1 is 1.13 bits per heavy atom. The summed E-state index contributed by atoms with van der Waals surface area (Å²) < 4.78 is 24.7. The van der Waals surface area contributed by atoms with Crippen LogP contribution in [0.15, 0.2) is 59.2 Å². The van der Waals surface area contributed by atoms with E-state index in [-0.39, 0.29) is 16.9 Å². The Balaban J connectivity index is 1.66. The first-order chi connectivity index (χ1) is 14.4. The highest BCUT2D eigenvalue weighted by Gasteiger charge is 2.17. The topological polar surface area (TPSA) is 104 Å². The molecule has 0 saturated carbocycles. The summed E-state index contributed by atoms with van der Waals surface area (Å²) >= 11 is 0. The summed E-state index contributed by atoms with van der Waals surface area (Å²) in [6.45, 7) is 3.18. The minimum absolute atomic E-state index is 0.0842. The van der Waals surface area contributed by atoms with Crippen molar-refractivity contribution >= 4 is 23.2 Å². The first-order valence-corrected chi connectivity index (χ1v) is 9.00. The molecule has 1 heterocycles. The van der Waals surface area contributed by atoms with Gasteiger partial charge in [0.25, 0.3) is 11.8 Å². The maximum absolute atomic E-state index is 14.1. The largest absolute Gasteiger partial charge is 0.481 e. The lowest BCUT2D eigenvalue weighted by molar-refractivity contribution is -0.122. The number of halogens is 1. The Morgan fingerprint density at radius 3 is 2.50 bits per heavy atom. The number of nitrogens with one attached hydrogen (secondary N) is 2. The second-order valence-electron chi connectivity index (χ2n) is 6.42. The van der Waals surface area contributed by atoms with Crippen LogP contribution >= 0.6 is 0 Å². The third kappa shape index (κ3) is 4.83. The molecule has 0 bridgehead atoms. The zero-order chi connectivity index (χ0) is 21.7. The predicted molar refractivity (Wildman–Crippen MR) is 108 cm³/mol. The van der Waals surface area contributed by atoms with Gasteiger partial charge in [-0.05, 0) is 62.4 Å². The van der Waals surface area contributed by atoms with Crippen molar-refractivity contribution in [2.75, 3.05) is 10.6 Å². The minimum Gasteiger partial charge on any atom is -0.481 e. The van der Waals surface area contributed by atoms with Crippen LogP contribution in [0.5, 0.6) is 5.75 Å². The van der Waals surface area contributed by atoms with Gasteiger partial charge in [0.05, 0.1) is 29.1 Å². The summed E-state index contributed by atoms with van der Waals surface area (Å²) in [4.78, 5) is 24.7. The SMILES string of the molecule is Cc1occc1C(=O)Nc1cc(NC(=O)C(C)Oc2ccc(C#N)cc2)ccc1F. The molecule has 3 aromatic rings. The Hall–Kier alpha value is -4.12. The van der Waals surface area contributed by atoms with Gasteiger partial charge >= 0.3 is 0 Å². The fraction of sp³-hybridized carbons (Fsp3) is 0.136. The van der Waals surface area contributed by atoms with Crippen LogP contribution in [0.25, 0.3) is 0 Å². The van der Waals surface area contributed by atoms with Crippen molar-refractivity contribution in [2.24, 2.45) is 0 Å². The number of hydrogen-bond acceptors (Lipinski definition) is 5. The van der Waals surface area contributed by atoms with Crippen LogP contribution in [0.2, 0.25) is 0 Å². The van der Waals surface area contributed by atoms with Crippen molar-refractivity contribution in [1.82, 2.24) is 0 Å². The number of hydrogen-bond donors (Lipinski definition) is 2. The second-order valence-corrected chi connectivity index (χ2v) is 6.42. The molecule has 7 nitrogen and oxygen atoms in total. The van der Waals surface area contributed by atoms with Gasteiger partial charge in [0.2, 0.25) is 0 Å². The van der Waals surface area contributed by atoms with Gasteiger partial charge < -0.3 is 19.8 Å². The molecular formula is C22H18FN3O4. The molecule has 2 amide bonds. The first-order valence-electron chi connectivity index (χ1n) is 9.00. The molecule has 2 N–H and O–H groups in total. The number of rotatable bonds is 6. The summed E-state index contributed by atoms with van der Waals surface area (Å²) in [6, 6.07) is 13.6. The number of nitriles is 1. The number of aryl methyl sites for hydroxylation is 1. The van der Waals surface area contributed by atoms with Gasteiger partial charge in [0.15, 0.2) is 6.10 Å². The van der Waals surface area contributed by atoms with Crippen molar-refractivity contribution in [3.05, 3.63) is 77.5 Å². The van der Waals surface area contributed by atoms with Crippen LogP contribution in [0.4, 0.5) is 15.8 Å². The third-order valence-electron chi connectivity index (χ3n) is 4.25. The summed E-state index contributed by atoms with van der Waals surface area (Å²) in [5.41, 5.74) is 0.967. The summed E-state index contributed by atoms with van der Waals surface area (Å²) in [6.07, 6.45) is 0.515. The quantitative estimate of drug-likeness (QED) is 0.635. The van der Waals surface area contributed by atoms with E-state index in [4.69, 9.17) is 14.4 Å². The number of nitrogens with zero attached hydrogens (tertiary/aromatic N) is 1. The van der Waals surface area contributed by atoms with E-state index >= 15 is 0 Å². The Labute approximate surface area is 172 Å². The zero-order valence-corrected chi connectivity index (χ0v) is 16.2. The molecule has 0 fully saturated rings. The maximum Gasteiger partial charge on any atom is 0.265 e. The van der Waals surface area contributed by atoms with E-state index in [2.05, 4.69) is 10.6 Å². The molecule has 0 radical (unpaired) electrons. The molecule has 152 valence electrons. The number of furan rings is 1. The van der Waals surface area contributed by atoms with E-state index in [9.17, 15) is 14.0 Å². The van der Waals surface area contributed by atoms with E-state index in [0.717, 1.165) is 6.07 Å². The van der Waals surface area contributed by atoms with Crippen molar-refractivity contribution in [3.8, 4) is 11.8 Å². The molecule has 0 aliphatic heterocycles. The fourth-order valence-corrected chi connectivity index (χ4v) is 2.62. The normalized spacial score (nSPS) is 11.3.